The topological polar surface area (TPSA) is 50.8 Å². The van der Waals surface area contributed by atoms with E-state index >= 15 is 0 Å². The molecular formula is C15H21ClN2O3. The quantitative estimate of drug-likeness (QED) is 0.927. The van der Waals surface area contributed by atoms with Gasteiger partial charge < -0.3 is 19.7 Å². The van der Waals surface area contributed by atoms with Gasteiger partial charge in [0.15, 0.2) is 11.5 Å². The third-order valence-electron chi connectivity index (χ3n) is 3.68. The number of ether oxygens (including phenoxy) is 2. The van der Waals surface area contributed by atoms with Gasteiger partial charge in [0, 0.05) is 25.2 Å². The fraction of sp³-hybridized carbons (Fsp3) is 0.533. The number of benzene rings is 1. The molecule has 0 spiro atoms. The minimum atomic E-state index is -0.144. The molecular weight excluding hydrogens is 292 g/mol. The summed E-state index contributed by atoms with van der Waals surface area (Å²) in [5.41, 5.74) is 0.683. The van der Waals surface area contributed by atoms with E-state index in [1.807, 2.05) is 0 Å². The van der Waals surface area contributed by atoms with Crippen LogP contribution in [0.3, 0.4) is 0 Å². The van der Waals surface area contributed by atoms with E-state index in [1.165, 1.54) is 0 Å². The molecule has 0 radical (unpaired) electrons. The first-order valence-corrected chi connectivity index (χ1v) is 7.21. The van der Waals surface area contributed by atoms with E-state index in [9.17, 15) is 4.79 Å². The molecule has 1 aliphatic heterocycles. The third-order valence-corrected chi connectivity index (χ3v) is 3.99. The fourth-order valence-corrected chi connectivity index (χ4v) is 2.63. The van der Waals surface area contributed by atoms with Crippen LogP contribution in [-0.2, 0) is 0 Å². The number of nitrogens with zero attached hydrogens (tertiary/aromatic N) is 1. The maximum Gasteiger partial charge on any atom is 0.321 e. The molecule has 2 rings (SSSR count). The summed E-state index contributed by atoms with van der Waals surface area (Å²) in [5.74, 6) is 1.06. The van der Waals surface area contributed by atoms with Crippen molar-refractivity contribution in [3.63, 3.8) is 0 Å². The number of anilines is 1. The van der Waals surface area contributed by atoms with E-state index in [4.69, 9.17) is 21.1 Å². The van der Waals surface area contributed by atoms with E-state index in [0.29, 0.717) is 22.2 Å². The van der Waals surface area contributed by atoms with Crippen LogP contribution in [0.1, 0.15) is 20.3 Å². The molecule has 1 saturated heterocycles. The summed E-state index contributed by atoms with van der Waals surface area (Å²) in [6, 6.07) is 3.15. The maximum atomic E-state index is 12.3. The number of urea groups is 1. The van der Waals surface area contributed by atoms with Crippen molar-refractivity contribution in [1.29, 1.82) is 0 Å². The second-order valence-corrected chi connectivity index (χ2v) is 6.36. The van der Waals surface area contributed by atoms with Gasteiger partial charge in [0.1, 0.15) is 0 Å². The van der Waals surface area contributed by atoms with Crippen molar-refractivity contribution in [3.05, 3.63) is 17.2 Å². The lowest BCUT2D eigenvalue weighted by atomic mass is 9.93. The Morgan fingerprint density at radius 3 is 2.43 bits per heavy atom. The minimum absolute atomic E-state index is 0.144. The van der Waals surface area contributed by atoms with Gasteiger partial charge in [0.05, 0.1) is 24.9 Å². The maximum absolute atomic E-state index is 12.3. The fourth-order valence-electron chi connectivity index (χ4n) is 2.43. The monoisotopic (exact) mass is 312 g/mol. The standard InChI is InChI=1S/C15H21ClN2O3/c1-15(2)5-6-18(9-15)14(19)17-11-8-13(21-4)12(20-3)7-10(11)16/h7-8H,5-6,9H2,1-4H3,(H,17,19). The number of nitrogens with one attached hydrogen (secondary N) is 1. The molecule has 0 unspecified atom stereocenters. The molecule has 1 aromatic rings. The van der Waals surface area contributed by atoms with Gasteiger partial charge in [-0.25, -0.2) is 4.79 Å². The third kappa shape index (κ3) is 3.53. The highest BCUT2D eigenvalue weighted by Gasteiger charge is 2.32. The van der Waals surface area contributed by atoms with Crippen molar-refractivity contribution in [2.24, 2.45) is 5.41 Å². The molecule has 0 saturated carbocycles. The lowest BCUT2D eigenvalue weighted by Crippen LogP contribution is -2.34. The predicted molar refractivity (Wildman–Crippen MR) is 83.5 cm³/mol. The number of hydrogen-bond donors (Lipinski definition) is 1. The van der Waals surface area contributed by atoms with Crippen molar-refractivity contribution >= 4 is 23.3 Å². The lowest BCUT2D eigenvalue weighted by Gasteiger charge is -2.21. The number of amides is 2. The highest BCUT2D eigenvalue weighted by Crippen LogP contribution is 2.36. The number of hydrogen-bond acceptors (Lipinski definition) is 3. The van der Waals surface area contributed by atoms with E-state index < -0.39 is 0 Å². The van der Waals surface area contributed by atoms with Crippen LogP contribution in [0.15, 0.2) is 12.1 Å². The van der Waals surface area contributed by atoms with Crippen LogP contribution >= 0.6 is 11.6 Å². The first kappa shape index (κ1) is 15.8. The Labute approximate surface area is 130 Å². The van der Waals surface area contributed by atoms with Crippen LogP contribution in [0.2, 0.25) is 5.02 Å². The lowest BCUT2D eigenvalue weighted by molar-refractivity contribution is 0.217. The zero-order valence-corrected chi connectivity index (χ0v) is 13.6. The summed E-state index contributed by atoms with van der Waals surface area (Å²) in [5, 5.41) is 3.25. The Morgan fingerprint density at radius 1 is 1.29 bits per heavy atom. The molecule has 1 N–H and O–H groups in total. The van der Waals surface area contributed by atoms with E-state index in [2.05, 4.69) is 19.2 Å². The second-order valence-electron chi connectivity index (χ2n) is 5.95. The minimum Gasteiger partial charge on any atom is -0.493 e. The summed E-state index contributed by atoms with van der Waals surface area (Å²) < 4.78 is 10.4. The Hall–Kier alpha value is -1.62. The van der Waals surface area contributed by atoms with Crippen LogP contribution in [-0.4, -0.2) is 38.2 Å². The highest BCUT2D eigenvalue weighted by molar-refractivity contribution is 6.34. The van der Waals surface area contributed by atoms with E-state index in [-0.39, 0.29) is 11.4 Å². The summed E-state index contributed by atoms with van der Waals surface area (Å²) in [7, 11) is 3.08. The molecule has 6 heteroatoms. The Balaban J connectivity index is 2.14. The molecule has 0 bridgehead atoms. The zero-order valence-electron chi connectivity index (χ0n) is 12.8. The molecule has 0 aromatic heterocycles. The van der Waals surface area contributed by atoms with Gasteiger partial charge in [-0.15, -0.1) is 0 Å². The molecule has 116 valence electrons. The van der Waals surface area contributed by atoms with Crippen molar-refractivity contribution in [2.75, 3.05) is 32.6 Å². The molecule has 1 heterocycles. The summed E-state index contributed by atoms with van der Waals surface area (Å²) in [6.45, 7) is 5.81. The average molecular weight is 313 g/mol. The number of carbonyl (C=O) groups excluding carboxylic acids is 1. The van der Waals surface area contributed by atoms with Crippen LogP contribution in [0.25, 0.3) is 0 Å². The Bertz CT molecular complexity index is 546. The number of likely N-dealkylation sites (tertiary alicyclic amines) is 1. The van der Waals surface area contributed by atoms with Crippen LogP contribution in [0, 0.1) is 5.41 Å². The first-order chi connectivity index (χ1) is 9.86. The number of carbonyl (C=O) groups is 1. The van der Waals surface area contributed by atoms with E-state index in [1.54, 1.807) is 31.3 Å². The van der Waals surface area contributed by atoms with Crippen LogP contribution in [0.5, 0.6) is 11.5 Å². The van der Waals surface area contributed by atoms with Crippen LogP contribution < -0.4 is 14.8 Å². The molecule has 1 aromatic carbocycles. The normalized spacial score (nSPS) is 16.7. The van der Waals surface area contributed by atoms with Gasteiger partial charge >= 0.3 is 6.03 Å². The van der Waals surface area contributed by atoms with Crippen molar-refractivity contribution < 1.29 is 14.3 Å². The molecule has 2 amide bonds. The van der Waals surface area contributed by atoms with E-state index in [0.717, 1.165) is 19.5 Å². The molecule has 1 fully saturated rings. The van der Waals surface area contributed by atoms with Crippen molar-refractivity contribution in [3.8, 4) is 11.5 Å². The summed E-state index contributed by atoms with van der Waals surface area (Å²) in [6.07, 6.45) is 1.00. The Morgan fingerprint density at radius 2 is 1.90 bits per heavy atom. The summed E-state index contributed by atoms with van der Waals surface area (Å²) >= 11 is 6.18. The van der Waals surface area contributed by atoms with Gasteiger partial charge in [0.2, 0.25) is 0 Å². The average Bonchev–Trinajstić information content (AvgIpc) is 2.80. The first-order valence-electron chi connectivity index (χ1n) is 6.84. The van der Waals surface area contributed by atoms with Gasteiger partial charge in [0.25, 0.3) is 0 Å². The summed E-state index contributed by atoms with van der Waals surface area (Å²) in [4.78, 5) is 14.1. The number of methoxy groups -OCH3 is 2. The van der Waals surface area contributed by atoms with Gasteiger partial charge in [-0.3, -0.25) is 0 Å². The van der Waals surface area contributed by atoms with Gasteiger partial charge in [-0.1, -0.05) is 25.4 Å². The smallest absolute Gasteiger partial charge is 0.321 e. The largest absolute Gasteiger partial charge is 0.493 e. The number of rotatable bonds is 3. The van der Waals surface area contributed by atoms with Gasteiger partial charge in [-0.05, 0) is 11.8 Å². The number of halogens is 1. The molecule has 1 aliphatic rings. The molecule has 0 atom stereocenters. The zero-order chi connectivity index (χ0) is 15.6. The molecule has 5 nitrogen and oxygen atoms in total. The van der Waals surface area contributed by atoms with Crippen molar-refractivity contribution in [1.82, 2.24) is 4.90 Å². The van der Waals surface area contributed by atoms with Gasteiger partial charge in [-0.2, -0.15) is 0 Å². The molecule has 0 aliphatic carbocycles. The highest BCUT2D eigenvalue weighted by atomic mass is 35.5. The predicted octanol–water partition coefficient (Wildman–Crippen LogP) is 3.62. The van der Waals surface area contributed by atoms with Crippen LogP contribution in [0.4, 0.5) is 10.5 Å². The second kappa shape index (κ2) is 6.02. The van der Waals surface area contributed by atoms with Crippen molar-refractivity contribution in [2.45, 2.75) is 20.3 Å². The SMILES string of the molecule is COc1cc(Cl)c(NC(=O)N2CCC(C)(C)C2)cc1OC. The molecule has 21 heavy (non-hydrogen) atoms. The Kier molecular flexibility index (Phi) is 4.52.